The predicted octanol–water partition coefficient (Wildman–Crippen LogP) is 4.75. The SMILES string of the molecule is CCCCc1cncc2nc(-c3ccc(OC(C)C)cc3)[nH]c12. The standard InChI is InChI=1S/C19H23N3O/c1-4-5-6-15-11-20-12-17-18(15)22-19(21-17)14-7-9-16(10-8-14)23-13(2)3/h7-13H,4-6H2,1-3H3,(H,21,22). The zero-order valence-electron chi connectivity index (χ0n) is 14.0. The molecule has 4 heteroatoms. The molecular weight excluding hydrogens is 286 g/mol. The number of rotatable bonds is 6. The molecule has 0 aliphatic carbocycles. The molecule has 0 saturated carbocycles. The van der Waals surface area contributed by atoms with Crippen molar-refractivity contribution in [2.75, 3.05) is 0 Å². The molecule has 23 heavy (non-hydrogen) atoms. The molecule has 3 aromatic rings. The van der Waals surface area contributed by atoms with Crippen LogP contribution in [0.25, 0.3) is 22.4 Å². The Morgan fingerprint density at radius 2 is 1.91 bits per heavy atom. The summed E-state index contributed by atoms with van der Waals surface area (Å²) in [6.07, 6.45) is 7.31. The number of aromatic nitrogens is 3. The molecule has 0 fully saturated rings. The smallest absolute Gasteiger partial charge is 0.138 e. The van der Waals surface area contributed by atoms with E-state index in [2.05, 4.69) is 21.9 Å². The van der Waals surface area contributed by atoms with E-state index in [1.807, 2.05) is 50.5 Å². The van der Waals surface area contributed by atoms with Crippen molar-refractivity contribution in [3.05, 3.63) is 42.2 Å². The number of fused-ring (bicyclic) bond motifs is 1. The quantitative estimate of drug-likeness (QED) is 0.714. The van der Waals surface area contributed by atoms with E-state index in [1.165, 1.54) is 12.0 Å². The maximum absolute atomic E-state index is 5.69. The molecule has 0 aliphatic rings. The average Bonchev–Trinajstić information content (AvgIpc) is 2.97. The van der Waals surface area contributed by atoms with Gasteiger partial charge in [-0.25, -0.2) is 4.98 Å². The minimum atomic E-state index is 0.180. The van der Waals surface area contributed by atoms with Gasteiger partial charge in [-0.05, 0) is 56.5 Å². The van der Waals surface area contributed by atoms with Crippen LogP contribution in [0.3, 0.4) is 0 Å². The zero-order chi connectivity index (χ0) is 16.2. The number of aryl methyl sites for hydroxylation is 1. The lowest BCUT2D eigenvalue weighted by Gasteiger charge is -2.09. The Labute approximate surface area is 136 Å². The van der Waals surface area contributed by atoms with Crippen molar-refractivity contribution in [2.45, 2.75) is 46.1 Å². The van der Waals surface area contributed by atoms with E-state index >= 15 is 0 Å². The Balaban J connectivity index is 1.91. The number of hydrogen-bond donors (Lipinski definition) is 1. The van der Waals surface area contributed by atoms with E-state index in [1.54, 1.807) is 0 Å². The molecule has 0 aliphatic heterocycles. The van der Waals surface area contributed by atoms with Crippen molar-refractivity contribution < 1.29 is 4.74 Å². The van der Waals surface area contributed by atoms with Crippen LogP contribution >= 0.6 is 0 Å². The fraction of sp³-hybridized carbons (Fsp3) is 0.368. The second-order valence-corrected chi connectivity index (χ2v) is 6.07. The summed E-state index contributed by atoms with van der Waals surface area (Å²) < 4.78 is 5.69. The fourth-order valence-corrected chi connectivity index (χ4v) is 2.64. The summed E-state index contributed by atoms with van der Waals surface area (Å²) in [5.41, 5.74) is 4.32. The third kappa shape index (κ3) is 3.52. The average molecular weight is 309 g/mol. The molecule has 0 spiro atoms. The van der Waals surface area contributed by atoms with Gasteiger partial charge in [0.1, 0.15) is 17.1 Å². The first-order valence-electron chi connectivity index (χ1n) is 8.27. The van der Waals surface area contributed by atoms with Gasteiger partial charge in [-0.3, -0.25) is 4.98 Å². The van der Waals surface area contributed by atoms with Gasteiger partial charge in [0.25, 0.3) is 0 Å². The van der Waals surface area contributed by atoms with Crippen LogP contribution in [0.2, 0.25) is 0 Å². The molecule has 0 saturated heterocycles. The number of nitrogens with zero attached hydrogens (tertiary/aromatic N) is 2. The van der Waals surface area contributed by atoms with Crippen LogP contribution in [0.4, 0.5) is 0 Å². The van der Waals surface area contributed by atoms with Crippen molar-refractivity contribution in [3.63, 3.8) is 0 Å². The maximum Gasteiger partial charge on any atom is 0.138 e. The zero-order valence-corrected chi connectivity index (χ0v) is 14.0. The molecule has 0 unspecified atom stereocenters. The number of nitrogens with one attached hydrogen (secondary N) is 1. The van der Waals surface area contributed by atoms with Crippen LogP contribution in [-0.2, 0) is 6.42 Å². The van der Waals surface area contributed by atoms with E-state index in [0.29, 0.717) is 0 Å². The molecule has 2 aromatic heterocycles. The van der Waals surface area contributed by atoms with E-state index < -0.39 is 0 Å². The first kappa shape index (κ1) is 15.5. The maximum atomic E-state index is 5.69. The molecule has 2 heterocycles. The van der Waals surface area contributed by atoms with E-state index in [0.717, 1.165) is 41.0 Å². The summed E-state index contributed by atoms with van der Waals surface area (Å²) in [5.74, 6) is 1.76. The lowest BCUT2D eigenvalue weighted by atomic mass is 10.1. The van der Waals surface area contributed by atoms with E-state index in [4.69, 9.17) is 4.74 Å². The van der Waals surface area contributed by atoms with E-state index in [9.17, 15) is 0 Å². The highest BCUT2D eigenvalue weighted by Gasteiger charge is 2.09. The van der Waals surface area contributed by atoms with Crippen LogP contribution in [0.5, 0.6) is 5.75 Å². The van der Waals surface area contributed by atoms with Crippen molar-refractivity contribution >= 4 is 11.0 Å². The Hall–Kier alpha value is -2.36. The molecule has 1 N–H and O–H groups in total. The van der Waals surface area contributed by atoms with Crippen LogP contribution < -0.4 is 4.74 Å². The number of H-pyrrole nitrogens is 1. The molecule has 120 valence electrons. The van der Waals surface area contributed by atoms with Gasteiger partial charge in [-0.2, -0.15) is 0 Å². The molecule has 0 bridgehead atoms. The Morgan fingerprint density at radius 3 is 2.61 bits per heavy atom. The molecular formula is C19H23N3O. The van der Waals surface area contributed by atoms with Gasteiger partial charge in [-0.15, -0.1) is 0 Å². The molecule has 0 atom stereocenters. The highest BCUT2D eigenvalue weighted by molar-refractivity contribution is 5.81. The van der Waals surface area contributed by atoms with Crippen LogP contribution in [0.1, 0.15) is 39.2 Å². The largest absolute Gasteiger partial charge is 0.491 e. The molecule has 0 amide bonds. The molecule has 1 aromatic carbocycles. The number of benzene rings is 1. The first-order chi connectivity index (χ1) is 11.2. The van der Waals surface area contributed by atoms with Crippen LogP contribution in [0.15, 0.2) is 36.7 Å². The molecule has 3 rings (SSSR count). The van der Waals surface area contributed by atoms with Crippen LogP contribution in [0, 0.1) is 0 Å². The van der Waals surface area contributed by atoms with Gasteiger partial charge in [0.2, 0.25) is 0 Å². The highest BCUT2D eigenvalue weighted by atomic mass is 16.5. The minimum absolute atomic E-state index is 0.180. The normalized spacial score (nSPS) is 11.3. The van der Waals surface area contributed by atoms with E-state index in [-0.39, 0.29) is 6.10 Å². The van der Waals surface area contributed by atoms with Crippen molar-refractivity contribution in [3.8, 4) is 17.1 Å². The summed E-state index contributed by atoms with van der Waals surface area (Å²) >= 11 is 0. The van der Waals surface area contributed by atoms with Gasteiger partial charge in [0, 0.05) is 11.8 Å². The van der Waals surface area contributed by atoms with Gasteiger partial charge in [0.05, 0.1) is 17.8 Å². The number of aromatic amines is 1. The van der Waals surface area contributed by atoms with Gasteiger partial charge >= 0.3 is 0 Å². The fourth-order valence-electron chi connectivity index (χ4n) is 2.64. The van der Waals surface area contributed by atoms with Crippen LogP contribution in [-0.4, -0.2) is 21.1 Å². The lowest BCUT2D eigenvalue weighted by Crippen LogP contribution is -2.05. The molecule has 4 nitrogen and oxygen atoms in total. The lowest BCUT2D eigenvalue weighted by molar-refractivity contribution is 0.242. The monoisotopic (exact) mass is 309 g/mol. The van der Waals surface area contributed by atoms with Crippen molar-refractivity contribution in [1.82, 2.24) is 15.0 Å². The van der Waals surface area contributed by atoms with Crippen molar-refractivity contribution in [1.29, 1.82) is 0 Å². The van der Waals surface area contributed by atoms with Crippen molar-refractivity contribution in [2.24, 2.45) is 0 Å². The highest BCUT2D eigenvalue weighted by Crippen LogP contribution is 2.25. The molecule has 0 radical (unpaired) electrons. The summed E-state index contributed by atoms with van der Waals surface area (Å²) in [6, 6.07) is 8.04. The first-order valence-corrected chi connectivity index (χ1v) is 8.27. The summed E-state index contributed by atoms with van der Waals surface area (Å²) in [5, 5.41) is 0. The number of hydrogen-bond acceptors (Lipinski definition) is 3. The number of imidazole rings is 1. The number of pyridine rings is 1. The second kappa shape index (κ2) is 6.82. The van der Waals surface area contributed by atoms with Gasteiger partial charge < -0.3 is 9.72 Å². The summed E-state index contributed by atoms with van der Waals surface area (Å²) in [7, 11) is 0. The number of ether oxygens (including phenoxy) is 1. The third-order valence-corrected chi connectivity index (χ3v) is 3.78. The Kier molecular flexibility index (Phi) is 4.60. The predicted molar refractivity (Wildman–Crippen MR) is 93.7 cm³/mol. The summed E-state index contributed by atoms with van der Waals surface area (Å²) in [6.45, 7) is 6.25. The second-order valence-electron chi connectivity index (χ2n) is 6.07. The Morgan fingerprint density at radius 1 is 1.13 bits per heavy atom. The Bertz CT molecular complexity index is 775. The van der Waals surface area contributed by atoms with Gasteiger partial charge in [0.15, 0.2) is 0 Å². The summed E-state index contributed by atoms with van der Waals surface area (Å²) in [4.78, 5) is 12.5. The topological polar surface area (TPSA) is 50.8 Å². The minimum Gasteiger partial charge on any atom is -0.491 e. The van der Waals surface area contributed by atoms with Gasteiger partial charge in [-0.1, -0.05) is 13.3 Å². The third-order valence-electron chi connectivity index (χ3n) is 3.78. The number of unbranched alkanes of at least 4 members (excludes halogenated alkanes) is 1.